The minimum absolute atomic E-state index is 0.00302. The van der Waals surface area contributed by atoms with Gasteiger partial charge < -0.3 is 31.0 Å². The van der Waals surface area contributed by atoms with E-state index in [-0.39, 0.29) is 24.0 Å². The lowest BCUT2D eigenvalue weighted by Crippen LogP contribution is -2.52. The molecule has 1 atom stereocenters. The molecule has 188 valence electrons. The van der Waals surface area contributed by atoms with Crippen molar-refractivity contribution in [2.24, 2.45) is 0 Å². The zero-order valence-electron chi connectivity index (χ0n) is 20.3. The second kappa shape index (κ2) is 11.2. The number of hydrogen-bond acceptors (Lipinski definition) is 6. The second-order valence-electron chi connectivity index (χ2n) is 9.44. The maximum atomic E-state index is 13.0. The summed E-state index contributed by atoms with van der Waals surface area (Å²) >= 11 is 0. The molecule has 11 heteroatoms. The fourth-order valence-electron chi connectivity index (χ4n) is 3.65. The monoisotopic (exact) mass is 492 g/mol. The largest absolute Gasteiger partial charge is 0.488 e. The van der Waals surface area contributed by atoms with Crippen molar-refractivity contribution in [2.45, 2.75) is 45.3 Å². The van der Waals surface area contributed by atoms with E-state index in [1.807, 2.05) is 0 Å². The van der Waals surface area contributed by atoms with E-state index in [2.05, 4.69) is 20.9 Å². The molecular weight excluding hydrogens is 463 g/mol. The summed E-state index contributed by atoms with van der Waals surface area (Å²) in [7, 11) is -1.66. The number of ketones is 1. The molecule has 3 rings (SSSR count). The van der Waals surface area contributed by atoms with E-state index in [4.69, 9.17) is 0 Å². The number of H-pyrrole nitrogens is 1. The molecule has 6 N–H and O–H groups in total. The number of Topliss-reactive ketones (excluding diaryl/α,β-unsaturated/α-hetero) is 1. The molecule has 0 aliphatic carbocycles. The summed E-state index contributed by atoms with van der Waals surface area (Å²) in [6.45, 7) is 5.34. The van der Waals surface area contributed by atoms with E-state index in [1.165, 1.54) is 18.3 Å². The number of benzene rings is 2. The van der Waals surface area contributed by atoms with Crippen LogP contribution in [-0.4, -0.2) is 57.2 Å². The van der Waals surface area contributed by atoms with Gasteiger partial charge in [-0.2, -0.15) is 0 Å². The highest BCUT2D eigenvalue weighted by Gasteiger charge is 2.29. The summed E-state index contributed by atoms with van der Waals surface area (Å²) in [4.78, 5) is 54.1. The van der Waals surface area contributed by atoms with Crippen LogP contribution in [0, 0.1) is 0 Å². The Kier molecular flexibility index (Phi) is 8.28. The normalized spacial score (nSPS) is 12.0. The Morgan fingerprint density at radius 2 is 1.75 bits per heavy atom. The Hall–Kier alpha value is -3.96. The maximum Gasteiger partial charge on any atom is 0.488 e. The third-order valence-corrected chi connectivity index (χ3v) is 5.28. The highest BCUT2D eigenvalue weighted by atomic mass is 16.4. The van der Waals surface area contributed by atoms with Crippen LogP contribution in [0.2, 0.25) is 0 Å². The molecule has 0 bridgehead atoms. The summed E-state index contributed by atoms with van der Waals surface area (Å²) in [6.07, 6.45) is 1.04. The molecule has 36 heavy (non-hydrogen) atoms. The van der Waals surface area contributed by atoms with Gasteiger partial charge in [0.25, 0.3) is 11.7 Å². The Labute approximate surface area is 208 Å². The highest BCUT2D eigenvalue weighted by Crippen LogP contribution is 2.18. The number of hydrogen-bond donors (Lipinski definition) is 6. The third-order valence-electron chi connectivity index (χ3n) is 5.28. The van der Waals surface area contributed by atoms with Gasteiger partial charge in [0, 0.05) is 29.2 Å². The first-order valence-electron chi connectivity index (χ1n) is 11.4. The lowest BCUT2D eigenvalue weighted by Gasteiger charge is -2.23. The molecule has 1 heterocycles. The summed E-state index contributed by atoms with van der Waals surface area (Å²) in [5.74, 6) is -3.01. The highest BCUT2D eigenvalue weighted by molar-refractivity contribution is 6.58. The van der Waals surface area contributed by atoms with Crippen LogP contribution in [0.25, 0.3) is 10.9 Å². The van der Waals surface area contributed by atoms with Crippen molar-refractivity contribution in [3.8, 4) is 0 Å². The topological polar surface area (TPSA) is 161 Å². The molecular formula is C25H29BN4O6. The second-order valence-corrected chi connectivity index (χ2v) is 9.44. The van der Waals surface area contributed by atoms with Gasteiger partial charge in [0.15, 0.2) is 0 Å². The smallest absolute Gasteiger partial charge is 0.423 e. The maximum absolute atomic E-state index is 13.0. The Morgan fingerprint density at radius 1 is 1.03 bits per heavy atom. The number of para-hydroxylation sites is 1. The molecule has 0 saturated carbocycles. The van der Waals surface area contributed by atoms with Gasteiger partial charge in [-0.3, -0.25) is 19.2 Å². The molecule has 2 aromatic carbocycles. The van der Waals surface area contributed by atoms with Crippen molar-refractivity contribution in [1.82, 2.24) is 20.9 Å². The molecule has 3 aromatic rings. The molecule has 0 aliphatic rings. The number of aromatic nitrogens is 1. The summed E-state index contributed by atoms with van der Waals surface area (Å²) in [5.41, 5.74) is 1.10. The van der Waals surface area contributed by atoms with Gasteiger partial charge in [-0.1, -0.05) is 42.5 Å². The Bertz CT molecular complexity index is 1280. The number of carbonyl (C=O) groups excluding carboxylic acids is 4. The molecule has 0 saturated heterocycles. The molecule has 0 unspecified atom stereocenters. The molecule has 0 aliphatic heterocycles. The predicted molar refractivity (Wildman–Crippen MR) is 135 cm³/mol. The van der Waals surface area contributed by atoms with Gasteiger partial charge in [0.2, 0.25) is 11.8 Å². The summed E-state index contributed by atoms with van der Waals surface area (Å²) < 4.78 is 0. The van der Waals surface area contributed by atoms with Gasteiger partial charge in [-0.05, 0) is 37.9 Å². The van der Waals surface area contributed by atoms with E-state index in [0.29, 0.717) is 16.5 Å². The van der Waals surface area contributed by atoms with Gasteiger partial charge in [0.1, 0.15) is 6.04 Å². The first-order chi connectivity index (χ1) is 16.9. The average molecular weight is 492 g/mol. The predicted octanol–water partition coefficient (Wildman–Crippen LogP) is 0.136. The minimum Gasteiger partial charge on any atom is -0.423 e. The number of carbonyl (C=O) groups is 4. The van der Waals surface area contributed by atoms with Crippen LogP contribution in [0.15, 0.2) is 54.7 Å². The van der Waals surface area contributed by atoms with E-state index < -0.39 is 42.2 Å². The van der Waals surface area contributed by atoms with E-state index in [9.17, 15) is 29.2 Å². The van der Waals surface area contributed by atoms with Crippen molar-refractivity contribution in [2.75, 3.05) is 0 Å². The van der Waals surface area contributed by atoms with Crippen LogP contribution in [0.1, 0.15) is 43.1 Å². The van der Waals surface area contributed by atoms with Crippen molar-refractivity contribution in [3.63, 3.8) is 0 Å². The first kappa shape index (κ1) is 26.6. The van der Waals surface area contributed by atoms with E-state index in [1.54, 1.807) is 57.2 Å². The van der Waals surface area contributed by atoms with Crippen molar-refractivity contribution in [1.29, 1.82) is 0 Å². The van der Waals surface area contributed by atoms with Crippen molar-refractivity contribution >= 4 is 47.0 Å². The number of amides is 3. The quantitative estimate of drug-likeness (QED) is 0.142. The lowest BCUT2D eigenvalue weighted by molar-refractivity contribution is -0.131. The fourth-order valence-corrected chi connectivity index (χ4v) is 3.65. The third kappa shape index (κ3) is 7.03. The summed E-state index contributed by atoms with van der Waals surface area (Å²) in [6, 6.07) is 12.0. The van der Waals surface area contributed by atoms with Crippen LogP contribution in [-0.2, 0) is 20.9 Å². The van der Waals surface area contributed by atoms with Crippen molar-refractivity contribution < 1.29 is 29.2 Å². The molecule has 0 radical (unpaired) electrons. The number of nitrogens with one attached hydrogen (secondary N) is 4. The molecule has 0 spiro atoms. The van der Waals surface area contributed by atoms with Crippen LogP contribution in [0.4, 0.5) is 0 Å². The SMILES string of the molecule is CC(C)(C)NC(=O)C[C@H](NC(=O)C(=O)c1c[nH]c2ccccc12)C(=O)NCc1cccc(B(O)O)c1. The van der Waals surface area contributed by atoms with Gasteiger partial charge >= 0.3 is 7.12 Å². The zero-order chi connectivity index (χ0) is 26.5. The fraction of sp³-hybridized carbons (Fsp3) is 0.280. The van der Waals surface area contributed by atoms with E-state index >= 15 is 0 Å². The molecule has 1 aromatic heterocycles. The van der Waals surface area contributed by atoms with E-state index in [0.717, 1.165) is 0 Å². The lowest BCUT2D eigenvalue weighted by atomic mass is 9.79. The van der Waals surface area contributed by atoms with Gasteiger partial charge in [0.05, 0.1) is 12.0 Å². The molecule has 10 nitrogen and oxygen atoms in total. The molecule has 0 fully saturated rings. The zero-order valence-corrected chi connectivity index (χ0v) is 20.3. The number of fused-ring (bicyclic) bond motifs is 1. The number of aromatic amines is 1. The van der Waals surface area contributed by atoms with Crippen LogP contribution in [0.5, 0.6) is 0 Å². The van der Waals surface area contributed by atoms with Gasteiger partial charge in [-0.15, -0.1) is 0 Å². The average Bonchev–Trinajstić information content (AvgIpc) is 3.24. The van der Waals surface area contributed by atoms with Crippen LogP contribution >= 0.6 is 0 Å². The summed E-state index contributed by atoms with van der Waals surface area (Å²) in [5, 5.41) is 27.0. The first-order valence-corrected chi connectivity index (χ1v) is 11.4. The van der Waals surface area contributed by atoms with Gasteiger partial charge in [-0.25, -0.2) is 0 Å². The minimum atomic E-state index is -1.66. The standard InChI is InChI=1S/C25H29BN4O6/c1-25(2,3)30-21(31)12-20(23(33)28-13-15-7-6-8-16(11-15)26(35)36)29-24(34)22(32)18-14-27-19-10-5-4-9-17(18)19/h4-11,14,20,27,35-36H,12-13H2,1-3H3,(H,28,33)(H,29,34)(H,30,31)/t20-/m0/s1. The Morgan fingerprint density at radius 3 is 2.44 bits per heavy atom. The number of rotatable bonds is 9. The molecule has 3 amide bonds. The van der Waals surface area contributed by atoms with Crippen LogP contribution < -0.4 is 21.4 Å². The Balaban J connectivity index is 1.75. The van der Waals surface area contributed by atoms with Crippen molar-refractivity contribution in [3.05, 3.63) is 65.9 Å². The van der Waals surface area contributed by atoms with Crippen LogP contribution in [0.3, 0.4) is 0 Å².